The SMILES string of the molecule is CC1C(C(=O)O)CCN1C(=O)CC(N)C1CC1. The predicted molar refractivity (Wildman–Crippen MR) is 62.2 cm³/mol. The van der Waals surface area contributed by atoms with Crippen LogP contribution in [0, 0.1) is 11.8 Å². The second-order valence-corrected chi connectivity index (χ2v) is 5.27. The van der Waals surface area contributed by atoms with Gasteiger partial charge < -0.3 is 15.7 Å². The standard InChI is InChI=1S/C12H20N2O3/c1-7-9(12(16)17)4-5-14(7)11(15)6-10(13)8-2-3-8/h7-10H,2-6,13H2,1H3,(H,16,17). The predicted octanol–water partition coefficient (Wildman–Crippen LogP) is 0.435. The molecular weight excluding hydrogens is 220 g/mol. The molecule has 2 fully saturated rings. The fourth-order valence-corrected chi connectivity index (χ4v) is 2.63. The lowest BCUT2D eigenvalue weighted by atomic mass is 10.0. The van der Waals surface area contributed by atoms with Crippen molar-refractivity contribution in [2.24, 2.45) is 17.6 Å². The Labute approximate surface area is 101 Å². The molecule has 0 radical (unpaired) electrons. The Balaban J connectivity index is 1.89. The second kappa shape index (κ2) is 4.64. The first-order valence-corrected chi connectivity index (χ1v) is 6.28. The molecule has 1 amide bonds. The summed E-state index contributed by atoms with van der Waals surface area (Å²) in [7, 11) is 0. The fourth-order valence-electron chi connectivity index (χ4n) is 2.63. The van der Waals surface area contributed by atoms with Gasteiger partial charge in [0.25, 0.3) is 0 Å². The Kier molecular flexibility index (Phi) is 3.38. The minimum atomic E-state index is -0.806. The first-order valence-electron chi connectivity index (χ1n) is 6.28. The number of hydrogen-bond acceptors (Lipinski definition) is 3. The van der Waals surface area contributed by atoms with Crippen molar-refractivity contribution in [2.75, 3.05) is 6.54 Å². The van der Waals surface area contributed by atoms with Crippen molar-refractivity contribution >= 4 is 11.9 Å². The average molecular weight is 240 g/mol. The van der Waals surface area contributed by atoms with E-state index in [0.717, 1.165) is 12.8 Å². The molecule has 0 aromatic carbocycles. The Morgan fingerprint density at radius 3 is 2.53 bits per heavy atom. The maximum atomic E-state index is 12.0. The lowest BCUT2D eigenvalue weighted by Crippen LogP contribution is -2.40. The summed E-state index contributed by atoms with van der Waals surface area (Å²) < 4.78 is 0. The molecule has 3 unspecified atom stereocenters. The number of hydrogen-bond donors (Lipinski definition) is 2. The van der Waals surface area contributed by atoms with Gasteiger partial charge in [-0.2, -0.15) is 0 Å². The summed E-state index contributed by atoms with van der Waals surface area (Å²) in [4.78, 5) is 24.7. The number of nitrogens with two attached hydrogens (primary N) is 1. The van der Waals surface area contributed by atoms with Gasteiger partial charge in [-0.05, 0) is 32.1 Å². The zero-order chi connectivity index (χ0) is 12.6. The summed E-state index contributed by atoms with van der Waals surface area (Å²) in [6.45, 7) is 2.36. The van der Waals surface area contributed by atoms with Gasteiger partial charge in [-0.25, -0.2) is 0 Å². The number of nitrogens with zero attached hydrogens (tertiary/aromatic N) is 1. The number of amides is 1. The molecule has 0 bridgehead atoms. The van der Waals surface area contributed by atoms with E-state index in [2.05, 4.69) is 0 Å². The van der Waals surface area contributed by atoms with E-state index in [1.165, 1.54) is 0 Å². The van der Waals surface area contributed by atoms with E-state index < -0.39 is 11.9 Å². The zero-order valence-electron chi connectivity index (χ0n) is 10.1. The largest absolute Gasteiger partial charge is 0.481 e. The van der Waals surface area contributed by atoms with Gasteiger partial charge in [-0.15, -0.1) is 0 Å². The Morgan fingerprint density at radius 1 is 1.41 bits per heavy atom. The highest BCUT2D eigenvalue weighted by Gasteiger charge is 2.39. The number of likely N-dealkylation sites (tertiary alicyclic amines) is 1. The van der Waals surface area contributed by atoms with Crippen LogP contribution in [0.1, 0.15) is 32.6 Å². The second-order valence-electron chi connectivity index (χ2n) is 5.27. The molecule has 1 aliphatic heterocycles. The summed E-state index contributed by atoms with van der Waals surface area (Å²) in [6.07, 6.45) is 3.17. The van der Waals surface area contributed by atoms with Crippen molar-refractivity contribution in [3.8, 4) is 0 Å². The third-order valence-corrected chi connectivity index (χ3v) is 4.03. The first kappa shape index (κ1) is 12.4. The van der Waals surface area contributed by atoms with E-state index in [4.69, 9.17) is 10.8 Å². The van der Waals surface area contributed by atoms with Gasteiger partial charge in [0.05, 0.1) is 5.92 Å². The fraction of sp³-hybridized carbons (Fsp3) is 0.833. The van der Waals surface area contributed by atoms with Gasteiger partial charge in [0.15, 0.2) is 0 Å². The van der Waals surface area contributed by atoms with E-state index in [1.807, 2.05) is 6.92 Å². The minimum Gasteiger partial charge on any atom is -0.481 e. The van der Waals surface area contributed by atoms with Gasteiger partial charge in [0, 0.05) is 25.0 Å². The van der Waals surface area contributed by atoms with Crippen molar-refractivity contribution in [1.29, 1.82) is 0 Å². The topological polar surface area (TPSA) is 83.6 Å². The van der Waals surface area contributed by atoms with Gasteiger partial charge in [0.2, 0.25) is 5.91 Å². The van der Waals surface area contributed by atoms with Crippen LogP contribution in [0.2, 0.25) is 0 Å². The molecule has 17 heavy (non-hydrogen) atoms. The van der Waals surface area contributed by atoms with E-state index >= 15 is 0 Å². The van der Waals surface area contributed by atoms with E-state index in [-0.39, 0.29) is 18.0 Å². The summed E-state index contributed by atoms with van der Waals surface area (Å²) in [5.41, 5.74) is 5.92. The van der Waals surface area contributed by atoms with Gasteiger partial charge in [0.1, 0.15) is 0 Å². The van der Waals surface area contributed by atoms with Crippen LogP contribution < -0.4 is 5.73 Å². The molecule has 0 aromatic rings. The molecule has 5 heteroatoms. The lowest BCUT2D eigenvalue weighted by Gasteiger charge is -2.24. The van der Waals surface area contributed by atoms with Crippen LogP contribution in [0.4, 0.5) is 0 Å². The van der Waals surface area contributed by atoms with Crippen LogP contribution in [-0.2, 0) is 9.59 Å². The van der Waals surface area contributed by atoms with Crippen molar-refractivity contribution < 1.29 is 14.7 Å². The number of aliphatic carboxylic acids is 1. The molecule has 3 N–H and O–H groups in total. The Bertz CT molecular complexity index is 328. The van der Waals surface area contributed by atoms with Crippen LogP contribution in [0.15, 0.2) is 0 Å². The average Bonchev–Trinajstić information content (AvgIpc) is 3.01. The lowest BCUT2D eigenvalue weighted by molar-refractivity contribution is -0.143. The highest BCUT2D eigenvalue weighted by molar-refractivity contribution is 5.80. The summed E-state index contributed by atoms with van der Waals surface area (Å²) >= 11 is 0. The third kappa shape index (κ3) is 2.60. The van der Waals surface area contributed by atoms with E-state index in [9.17, 15) is 9.59 Å². The maximum Gasteiger partial charge on any atom is 0.308 e. The van der Waals surface area contributed by atoms with Crippen LogP contribution in [0.5, 0.6) is 0 Å². The number of carboxylic acids is 1. The Hall–Kier alpha value is -1.10. The molecule has 5 nitrogen and oxygen atoms in total. The maximum absolute atomic E-state index is 12.0. The molecule has 0 spiro atoms. The highest BCUT2D eigenvalue weighted by Crippen LogP contribution is 2.33. The molecular formula is C12H20N2O3. The number of rotatable bonds is 4. The van der Waals surface area contributed by atoms with Gasteiger partial charge in [-0.1, -0.05) is 0 Å². The summed E-state index contributed by atoms with van der Waals surface area (Å²) in [5.74, 6) is -0.705. The molecule has 1 heterocycles. The number of carbonyl (C=O) groups is 2. The molecule has 2 rings (SSSR count). The summed E-state index contributed by atoms with van der Waals surface area (Å²) in [5, 5.41) is 9.00. The van der Waals surface area contributed by atoms with E-state index in [1.54, 1.807) is 4.90 Å². The molecule has 0 aromatic heterocycles. The Morgan fingerprint density at radius 2 is 2.06 bits per heavy atom. The highest BCUT2D eigenvalue weighted by atomic mass is 16.4. The van der Waals surface area contributed by atoms with Crippen LogP contribution >= 0.6 is 0 Å². The van der Waals surface area contributed by atoms with E-state index in [0.29, 0.717) is 25.3 Å². The third-order valence-electron chi connectivity index (χ3n) is 4.03. The minimum absolute atomic E-state index is 0.0145. The van der Waals surface area contributed by atoms with Crippen molar-refractivity contribution in [3.05, 3.63) is 0 Å². The monoisotopic (exact) mass is 240 g/mol. The smallest absolute Gasteiger partial charge is 0.308 e. The zero-order valence-corrected chi connectivity index (χ0v) is 10.1. The molecule has 3 atom stereocenters. The van der Waals surface area contributed by atoms with Crippen LogP contribution in [0.3, 0.4) is 0 Å². The van der Waals surface area contributed by atoms with Crippen LogP contribution in [-0.4, -0.2) is 40.5 Å². The number of carbonyl (C=O) groups excluding carboxylic acids is 1. The van der Waals surface area contributed by atoms with Crippen LogP contribution in [0.25, 0.3) is 0 Å². The first-order chi connectivity index (χ1) is 8.00. The molecule has 2 aliphatic rings. The molecule has 1 saturated carbocycles. The van der Waals surface area contributed by atoms with Gasteiger partial charge >= 0.3 is 5.97 Å². The van der Waals surface area contributed by atoms with Crippen molar-refractivity contribution in [2.45, 2.75) is 44.7 Å². The molecule has 1 aliphatic carbocycles. The quantitative estimate of drug-likeness (QED) is 0.746. The van der Waals surface area contributed by atoms with Gasteiger partial charge in [-0.3, -0.25) is 9.59 Å². The molecule has 1 saturated heterocycles. The molecule has 96 valence electrons. The summed E-state index contributed by atoms with van der Waals surface area (Å²) in [6, 6.07) is -0.245. The van der Waals surface area contributed by atoms with Crippen molar-refractivity contribution in [3.63, 3.8) is 0 Å². The van der Waals surface area contributed by atoms with Crippen molar-refractivity contribution in [1.82, 2.24) is 4.90 Å². The number of carboxylic acid groups (broad SMARTS) is 1. The normalized spacial score (nSPS) is 30.4.